The molecule has 6 heteroatoms. The molecule has 0 aliphatic carbocycles. The van der Waals surface area contributed by atoms with E-state index in [9.17, 15) is 9.59 Å². The Hall–Kier alpha value is -3.31. The molecular formula is C22H17ClN2O3. The van der Waals surface area contributed by atoms with Crippen molar-refractivity contribution in [2.45, 2.75) is 6.92 Å². The fourth-order valence-corrected chi connectivity index (χ4v) is 3.39. The lowest BCUT2D eigenvalue weighted by Crippen LogP contribution is -2.32. The summed E-state index contributed by atoms with van der Waals surface area (Å²) >= 11 is 6.23. The van der Waals surface area contributed by atoms with Crippen molar-refractivity contribution in [3.63, 3.8) is 0 Å². The molecule has 140 valence electrons. The molecule has 5 nitrogen and oxygen atoms in total. The normalized spacial score (nSPS) is 14.1. The number of benzene rings is 3. The SMILES string of the molecule is CCOc1ccc(NC2=C(Cl)C(=O)N(c3cccc4ccccc34)C2=O)cc1. The van der Waals surface area contributed by atoms with E-state index in [0.29, 0.717) is 18.0 Å². The molecule has 2 amide bonds. The number of hydrogen-bond acceptors (Lipinski definition) is 4. The molecule has 0 bridgehead atoms. The number of ether oxygens (including phenoxy) is 1. The average Bonchev–Trinajstić information content (AvgIpc) is 2.92. The smallest absolute Gasteiger partial charge is 0.283 e. The van der Waals surface area contributed by atoms with E-state index in [1.54, 1.807) is 30.3 Å². The van der Waals surface area contributed by atoms with Crippen molar-refractivity contribution in [1.82, 2.24) is 0 Å². The maximum absolute atomic E-state index is 13.0. The number of halogens is 1. The third-order valence-corrected chi connectivity index (χ3v) is 4.82. The number of imide groups is 1. The van der Waals surface area contributed by atoms with Crippen LogP contribution in [0.4, 0.5) is 11.4 Å². The molecule has 0 fully saturated rings. The van der Waals surface area contributed by atoms with Crippen molar-refractivity contribution in [3.8, 4) is 5.75 Å². The summed E-state index contributed by atoms with van der Waals surface area (Å²) < 4.78 is 5.41. The van der Waals surface area contributed by atoms with Crippen LogP contribution in [0.3, 0.4) is 0 Å². The molecule has 0 atom stereocenters. The molecule has 0 unspecified atom stereocenters. The Balaban J connectivity index is 1.66. The molecule has 1 heterocycles. The molecule has 1 aliphatic heterocycles. The molecule has 3 aromatic carbocycles. The summed E-state index contributed by atoms with van der Waals surface area (Å²) in [6.07, 6.45) is 0. The van der Waals surface area contributed by atoms with E-state index in [1.807, 2.05) is 43.3 Å². The highest BCUT2D eigenvalue weighted by molar-refractivity contribution is 6.53. The number of rotatable bonds is 5. The Morgan fingerprint density at radius 1 is 0.929 bits per heavy atom. The number of hydrogen-bond donors (Lipinski definition) is 1. The molecule has 0 aromatic heterocycles. The van der Waals surface area contributed by atoms with Gasteiger partial charge in [0.2, 0.25) is 0 Å². The quantitative estimate of drug-likeness (QED) is 0.641. The van der Waals surface area contributed by atoms with E-state index in [-0.39, 0.29) is 10.7 Å². The van der Waals surface area contributed by atoms with Gasteiger partial charge in [0.15, 0.2) is 0 Å². The summed E-state index contributed by atoms with van der Waals surface area (Å²) in [5, 5.41) is 4.57. The maximum Gasteiger partial charge on any atom is 0.283 e. The number of carbonyl (C=O) groups excluding carboxylic acids is 2. The number of fused-ring (bicyclic) bond motifs is 1. The van der Waals surface area contributed by atoms with Gasteiger partial charge in [-0.3, -0.25) is 9.59 Å². The van der Waals surface area contributed by atoms with Gasteiger partial charge < -0.3 is 10.1 Å². The van der Waals surface area contributed by atoms with Gasteiger partial charge in [-0.2, -0.15) is 0 Å². The van der Waals surface area contributed by atoms with Gasteiger partial charge in [-0.15, -0.1) is 0 Å². The van der Waals surface area contributed by atoms with Gasteiger partial charge in [-0.05, 0) is 42.6 Å². The summed E-state index contributed by atoms with van der Waals surface area (Å²) in [6, 6.07) is 20.1. The first kappa shape index (κ1) is 18.1. The van der Waals surface area contributed by atoms with Gasteiger partial charge in [0.05, 0.1) is 12.3 Å². The average molecular weight is 393 g/mol. The van der Waals surface area contributed by atoms with Crippen molar-refractivity contribution in [3.05, 3.63) is 77.5 Å². The number of nitrogens with one attached hydrogen (secondary N) is 1. The van der Waals surface area contributed by atoms with Crippen LogP contribution in [-0.4, -0.2) is 18.4 Å². The molecule has 1 N–H and O–H groups in total. The summed E-state index contributed by atoms with van der Waals surface area (Å²) in [5.74, 6) is -0.309. The number of nitrogens with zero attached hydrogens (tertiary/aromatic N) is 1. The molecule has 4 rings (SSSR count). The summed E-state index contributed by atoms with van der Waals surface area (Å²) in [6.45, 7) is 2.47. The van der Waals surface area contributed by atoms with E-state index < -0.39 is 11.8 Å². The van der Waals surface area contributed by atoms with Gasteiger partial charge in [-0.25, -0.2) is 4.90 Å². The van der Waals surface area contributed by atoms with Gasteiger partial charge in [0, 0.05) is 11.1 Å². The van der Waals surface area contributed by atoms with Crippen LogP contribution >= 0.6 is 11.6 Å². The van der Waals surface area contributed by atoms with Crippen LogP contribution in [0.25, 0.3) is 10.8 Å². The van der Waals surface area contributed by atoms with Crippen LogP contribution < -0.4 is 15.0 Å². The van der Waals surface area contributed by atoms with Crippen molar-refractivity contribution in [2.24, 2.45) is 0 Å². The second-order valence-electron chi connectivity index (χ2n) is 6.22. The van der Waals surface area contributed by atoms with Crippen molar-refractivity contribution >= 4 is 45.6 Å². The zero-order valence-electron chi connectivity index (χ0n) is 15.1. The van der Waals surface area contributed by atoms with Crippen molar-refractivity contribution < 1.29 is 14.3 Å². The minimum Gasteiger partial charge on any atom is -0.494 e. The first-order chi connectivity index (χ1) is 13.6. The summed E-state index contributed by atoms with van der Waals surface area (Å²) in [5.41, 5.74) is 1.20. The third kappa shape index (κ3) is 3.10. The van der Waals surface area contributed by atoms with E-state index in [1.165, 1.54) is 0 Å². The largest absolute Gasteiger partial charge is 0.494 e. The zero-order chi connectivity index (χ0) is 19.7. The van der Waals surface area contributed by atoms with Crippen molar-refractivity contribution in [1.29, 1.82) is 0 Å². The maximum atomic E-state index is 13.0. The standard InChI is InChI=1S/C22H17ClN2O3/c1-2-28-16-12-10-15(11-13-16)24-20-19(23)21(26)25(22(20)27)18-9-5-7-14-6-3-4-8-17(14)18/h3-13,24H,2H2,1H3. The van der Waals surface area contributed by atoms with Crippen LogP contribution in [-0.2, 0) is 9.59 Å². The lowest BCUT2D eigenvalue weighted by Gasteiger charge is -2.17. The number of carbonyl (C=O) groups is 2. The molecule has 3 aromatic rings. The molecule has 0 radical (unpaired) electrons. The first-order valence-electron chi connectivity index (χ1n) is 8.86. The lowest BCUT2D eigenvalue weighted by atomic mass is 10.1. The van der Waals surface area contributed by atoms with Crippen LogP contribution in [0.5, 0.6) is 5.75 Å². The van der Waals surface area contributed by atoms with Gasteiger partial charge in [0.25, 0.3) is 11.8 Å². The van der Waals surface area contributed by atoms with Gasteiger partial charge >= 0.3 is 0 Å². The highest BCUT2D eigenvalue weighted by Gasteiger charge is 2.39. The predicted molar refractivity (Wildman–Crippen MR) is 111 cm³/mol. The number of anilines is 2. The third-order valence-electron chi connectivity index (χ3n) is 4.47. The minimum atomic E-state index is -0.545. The van der Waals surface area contributed by atoms with Gasteiger partial charge in [-0.1, -0.05) is 48.0 Å². The Morgan fingerprint density at radius 2 is 1.64 bits per heavy atom. The topological polar surface area (TPSA) is 58.6 Å². The van der Waals surface area contributed by atoms with Gasteiger partial charge in [0.1, 0.15) is 16.5 Å². The van der Waals surface area contributed by atoms with Crippen LogP contribution in [0, 0.1) is 0 Å². The fraction of sp³-hybridized carbons (Fsp3) is 0.0909. The second-order valence-corrected chi connectivity index (χ2v) is 6.59. The Labute approximate surface area is 167 Å². The molecule has 0 saturated heterocycles. The molecule has 0 saturated carbocycles. The zero-order valence-corrected chi connectivity index (χ0v) is 15.9. The molecule has 1 aliphatic rings. The minimum absolute atomic E-state index is 0.0590. The summed E-state index contributed by atoms with van der Waals surface area (Å²) in [4.78, 5) is 26.9. The Morgan fingerprint density at radius 3 is 2.39 bits per heavy atom. The lowest BCUT2D eigenvalue weighted by molar-refractivity contribution is -0.120. The molecular weight excluding hydrogens is 376 g/mol. The van der Waals surface area contributed by atoms with E-state index in [0.717, 1.165) is 21.4 Å². The number of amides is 2. The molecule has 0 spiro atoms. The Bertz CT molecular complexity index is 1100. The van der Waals surface area contributed by atoms with E-state index in [2.05, 4.69) is 5.32 Å². The highest BCUT2D eigenvalue weighted by atomic mass is 35.5. The van der Waals surface area contributed by atoms with E-state index in [4.69, 9.17) is 16.3 Å². The first-order valence-corrected chi connectivity index (χ1v) is 9.24. The monoisotopic (exact) mass is 392 g/mol. The van der Waals surface area contributed by atoms with Crippen molar-refractivity contribution in [2.75, 3.05) is 16.8 Å². The van der Waals surface area contributed by atoms with E-state index >= 15 is 0 Å². The second kappa shape index (κ2) is 7.37. The highest BCUT2D eigenvalue weighted by Crippen LogP contribution is 2.34. The predicted octanol–water partition coefficient (Wildman–Crippen LogP) is 4.67. The van der Waals surface area contributed by atoms with Crippen LogP contribution in [0.2, 0.25) is 0 Å². The van der Waals surface area contributed by atoms with Crippen LogP contribution in [0.1, 0.15) is 6.92 Å². The van der Waals surface area contributed by atoms with Crippen LogP contribution in [0.15, 0.2) is 77.5 Å². The fourth-order valence-electron chi connectivity index (χ4n) is 3.18. The Kier molecular flexibility index (Phi) is 4.75. The summed E-state index contributed by atoms with van der Waals surface area (Å²) in [7, 11) is 0. The molecule has 28 heavy (non-hydrogen) atoms.